The minimum atomic E-state index is -3.93. The predicted octanol–water partition coefficient (Wildman–Crippen LogP) is 4.72. The van der Waals surface area contributed by atoms with Crippen LogP contribution in [-0.4, -0.2) is 78.7 Å². The number of halogens is 3. The van der Waals surface area contributed by atoms with Crippen molar-refractivity contribution in [3.05, 3.63) is 71.9 Å². The minimum Gasteiger partial charge on any atom is -0.494 e. The van der Waals surface area contributed by atoms with Gasteiger partial charge in [-0.1, -0.05) is 44.5 Å². The molecule has 1 saturated heterocycles. The Kier molecular flexibility index (Phi) is 9.89. The van der Waals surface area contributed by atoms with Crippen molar-refractivity contribution in [3.8, 4) is 11.6 Å². The molecule has 12 nitrogen and oxygen atoms in total. The molecule has 3 aliphatic rings. The highest BCUT2D eigenvalue weighted by Crippen LogP contribution is 2.46. The van der Waals surface area contributed by atoms with Crippen LogP contribution in [0, 0.1) is 23.0 Å². The Bertz CT molecular complexity index is 2060. The van der Waals surface area contributed by atoms with Crippen LogP contribution in [0.2, 0.25) is 5.02 Å². The van der Waals surface area contributed by atoms with E-state index in [-0.39, 0.29) is 31.0 Å². The maximum atomic E-state index is 14.9. The first-order valence-electron chi connectivity index (χ1n) is 16.8. The monoisotopic (exact) mass is 759 g/mol. The topological polar surface area (TPSA) is 156 Å². The minimum absolute atomic E-state index is 0.0602. The Morgan fingerprint density at radius 1 is 1.15 bits per heavy atom. The average Bonchev–Trinajstić information content (AvgIpc) is 4.01. The number of hydrogen-bond acceptors (Lipinski definition) is 9. The lowest BCUT2D eigenvalue weighted by Gasteiger charge is -2.36. The van der Waals surface area contributed by atoms with E-state index < -0.39 is 79.7 Å². The van der Waals surface area contributed by atoms with Crippen molar-refractivity contribution in [2.24, 2.45) is 11.3 Å². The van der Waals surface area contributed by atoms with Gasteiger partial charge in [0.1, 0.15) is 29.5 Å². The van der Waals surface area contributed by atoms with Gasteiger partial charge in [-0.25, -0.2) is 22.2 Å². The van der Waals surface area contributed by atoms with Gasteiger partial charge in [-0.3, -0.25) is 19.1 Å². The highest BCUT2D eigenvalue weighted by Gasteiger charge is 2.62. The lowest BCUT2D eigenvalue weighted by Crippen LogP contribution is -2.58. The Labute approximate surface area is 305 Å². The number of anilines is 1. The van der Waals surface area contributed by atoms with E-state index in [1.54, 1.807) is 39.0 Å². The summed E-state index contributed by atoms with van der Waals surface area (Å²) in [7, 11) is -2.44. The van der Waals surface area contributed by atoms with Gasteiger partial charge in [0.15, 0.2) is 11.6 Å². The summed E-state index contributed by atoms with van der Waals surface area (Å²) in [5.74, 6) is -4.45. The summed E-state index contributed by atoms with van der Waals surface area (Å²) >= 11 is 6.31. The molecular weight excluding hydrogens is 720 g/mol. The first-order chi connectivity index (χ1) is 24.5. The Morgan fingerprint density at radius 2 is 1.88 bits per heavy atom. The molecule has 16 heteroatoms. The van der Waals surface area contributed by atoms with Crippen molar-refractivity contribution in [1.82, 2.24) is 19.9 Å². The number of methoxy groups -OCH3 is 1. The number of benzene rings is 2. The molecule has 3 fully saturated rings. The van der Waals surface area contributed by atoms with Gasteiger partial charge in [0.2, 0.25) is 27.7 Å². The van der Waals surface area contributed by atoms with Crippen molar-refractivity contribution >= 4 is 55.8 Å². The number of nitrogens with zero attached hydrogens (tertiary/aromatic N) is 2. The van der Waals surface area contributed by atoms with Gasteiger partial charge in [-0.2, -0.15) is 0 Å². The molecule has 1 aromatic heterocycles. The number of nitrogens with one attached hydrogen (secondary N) is 3. The van der Waals surface area contributed by atoms with Crippen molar-refractivity contribution in [1.29, 1.82) is 0 Å². The average molecular weight is 760 g/mol. The summed E-state index contributed by atoms with van der Waals surface area (Å²) in [5.41, 5.74) is -2.74. The predicted molar refractivity (Wildman–Crippen MR) is 190 cm³/mol. The number of carbonyl (C=O) groups excluding carboxylic acids is 3. The number of aromatic nitrogens is 1. The summed E-state index contributed by atoms with van der Waals surface area (Å²) in [6, 6.07) is 6.25. The van der Waals surface area contributed by atoms with E-state index in [0.717, 1.165) is 6.07 Å². The van der Waals surface area contributed by atoms with Gasteiger partial charge < -0.3 is 25.0 Å². The fraction of sp³-hybridized carbons (Fsp3) is 0.444. The zero-order chi connectivity index (χ0) is 37.7. The number of hydrogen-bond donors (Lipinski definition) is 3. The molecule has 5 atom stereocenters. The van der Waals surface area contributed by atoms with Crippen LogP contribution in [0.4, 0.5) is 14.5 Å². The van der Waals surface area contributed by atoms with Crippen LogP contribution in [-0.2, 0) is 24.4 Å². The summed E-state index contributed by atoms with van der Waals surface area (Å²) in [4.78, 5) is 47.9. The number of fused-ring (bicyclic) bond motifs is 1. The molecular formula is C36H40ClF2N5O7S. The zero-order valence-corrected chi connectivity index (χ0v) is 30.6. The van der Waals surface area contributed by atoms with E-state index in [1.165, 1.54) is 36.4 Å². The van der Waals surface area contributed by atoms with E-state index in [9.17, 15) is 31.6 Å². The van der Waals surface area contributed by atoms with Crippen LogP contribution >= 0.6 is 11.6 Å². The van der Waals surface area contributed by atoms with Crippen LogP contribution in [0.25, 0.3) is 10.8 Å². The molecule has 3 N–H and O–H groups in total. The summed E-state index contributed by atoms with van der Waals surface area (Å²) in [6.45, 7) is 8.80. The molecule has 0 unspecified atom stereocenters. The van der Waals surface area contributed by atoms with Gasteiger partial charge in [-0.15, -0.1) is 6.58 Å². The van der Waals surface area contributed by atoms with E-state index in [4.69, 9.17) is 21.1 Å². The lowest BCUT2D eigenvalue weighted by molar-refractivity contribution is -0.141. The first kappa shape index (κ1) is 37.3. The second-order valence-corrected chi connectivity index (χ2v) is 16.9. The fourth-order valence-corrected chi connectivity index (χ4v) is 8.09. The van der Waals surface area contributed by atoms with Gasteiger partial charge in [0.25, 0.3) is 5.91 Å². The molecule has 2 aromatic carbocycles. The number of ether oxygens (including phenoxy) is 2. The third-order valence-electron chi connectivity index (χ3n) is 9.74. The third kappa shape index (κ3) is 7.25. The maximum absolute atomic E-state index is 14.9. The third-order valence-corrected chi connectivity index (χ3v) is 11.8. The normalized spacial score (nSPS) is 23.4. The van der Waals surface area contributed by atoms with E-state index in [1.807, 2.05) is 0 Å². The van der Waals surface area contributed by atoms with Gasteiger partial charge in [0, 0.05) is 28.1 Å². The summed E-state index contributed by atoms with van der Waals surface area (Å²) in [5, 5.41) is 6.50. The van der Waals surface area contributed by atoms with Crippen LogP contribution < -0.4 is 24.8 Å². The number of carbonyl (C=O) groups is 3. The summed E-state index contributed by atoms with van der Waals surface area (Å²) < 4.78 is 68.3. The van der Waals surface area contributed by atoms with Crippen LogP contribution in [0.1, 0.15) is 46.5 Å². The second-order valence-electron chi connectivity index (χ2n) is 14.5. The molecule has 0 radical (unpaired) electrons. The van der Waals surface area contributed by atoms with Gasteiger partial charge >= 0.3 is 0 Å². The van der Waals surface area contributed by atoms with Crippen molar-refractivity contribution in [2.45, 2.75) is 75.4 Å². The van der Waals surface area contributed by atoms with Crippen molar-refractivity contribution in [3.63, 3.8) is 0 Å². The molecule has 1 aliphatic heterocycles. The highest BCUT2D eigenvalue weighted by atomic mass is 35.5. The fourth-order valence-electron chi connectivity index (χ4n) is 6.56. The van der Waals surface area contributed by atoms with Crippen LogP contribution in [0.5, 0.6) is 11.6 Å². The molecule has 2 aliphatic carbocycles. The van der Waals surface area contributed by atoms with Crippen LogP contribution in [0.15, 0.2) is 55.3 Å². The number of rotatable bonds is 12. The molecule has 52 heavy (non-hydrogen) atoms. The van der Waals surface area contributed by atoms with Crippen LogP contribution in [0.3, 0.4) is 0 Å². The SMILES string of the molecule is C=C[C@@H]1C[C@]1(NC(=O)[C@@H]1C[C@@H](Oc2ncc(OC)c3ccc(Cl)cc23)CN1C(=O)[C@H](Nc1cccc(F)c1F)C(C)(C)C)C(=O)NS(=O)(=O)C1CC1. The molecule has 0 spiro atoms. The van der Waals surface area contributed by atoms with Gasteiger partial charge in [0.05, 0.1) is 30.8 Å². The summed E-state index contributed by atoms with van der Waals surface area (Å²) in [6.07, 6.45) is 3.02. The Balaban J connectivity index is 1.33. The Hall–Kier alpha value is -4.50. The second kappa shape index (κ2) is 13.8. The smallest absolute Gasteiger partial charge is 0.259 e. The van der Waals surface area contributed by atoms with E-state index >= 15 is 0 Å². The lowest BCUT2D eigenvalue weighted by atomic mass is 9.85. The number of sulfonamides is 1. The molecule has 3 amide bonds. The van der Waals surface area contributed by atoms with Crippen molar-refractivity contribution in [2.75, 3.05) is 19.0 Å². The first-order valence-corrected chi connectivity index (χ1v) is 18.7. The quantitative estimate of drug-likeness (QED) is 0.223. The molecule has 6 rings (SSSR count). The van der Waals surface area contributed by atoms with Gasteiger partial charge in [-0.05, 0) is 55.0 Å². The molecule has 3 aromatic rings. The van der Waals surface area contributed by atoms with E-state index in [2.05, 4.69) is 26.9 Å². The highest BCUT2D eigenvalue weighted by molar-refractivity contribution is 7.91. The van der Waals surface area contributed by atoms with E-state index in [0.29, 0.717) is 34.4 Å². The number of likely N-dealkylation sites (tertiary alicyclic amines) is 1. The molecule has 278 valence electrons. The molecule has 2 heterocycles. The Morgan fingerprint density at radius 3 is 2.52 bits per heavy atom. The molecule has 2 saturated carbocycles. The number of pyridine rings is 1. The maximum Gasteiger partial charge on any atom is 0.259 e. The zero-order valence-electron chi connectivity index (χ0n) is 29.0. The largest absolute Gasteiger partial charge is 0.494 e. The van der Waals surface area contributed by atoms with Crippen molar-refractivity contribution < 1.29 is 41.1 Å². The molecule has 0 bridgehead atoms. The standard InChI is InChI=1S/C36H40ClF2N5O7S/c1-6-19-16-36(19,34(47)43-52(48,49)22-11-12-22)42-31(45)27-15-21(51-32-24-14-20(37)10-13-23(24)28(50-5)17-40-32)18-44(27)33(46)30(35(2,3)4)41-26-9-7-8-25(38)29(26)39/h6-10,13-14,17,19,21-22,27,30,41H,1,11-12,15-16,18H2,2-5H3,(H,42,45)(H,43,47)/t19-,21-,27+,30+,36-/m1/s1. The number of amides is 3.